The van der Waals surface area contributed by atoms with Gasteiger partial charge in [0.05, 0.1) is 0 Å². The second-order valence-corrected chi connectivity index (χ2v) is 2.76. The average Bonchev–Trinajstić information content (AvgIpc) is 2.17. The van der Waals surface area contributed by atoms with Gasteiger partial charge in [-0.25, -0.2) is 4.39 Å². The first-order valence-electron chi connectivity index (χ1n) is 3.35. The smallest absolute Gasteiger partial charge is 0.128 e. The summed E-state index contributed by atoms with van der Waals surface area (Å²) in [5.41, 5.74) is 5.37. The van der Waals surface area contributed by atoms with Crippen LogP contribution in [0.15, 0.2) is 0 Å². The molecule has 1 aliphatic rings. The molecular formula is C6H12FNO2. The normalized spacial score (nSPS) is 48.0. The molecule has 0 aromatic heterocycles. The Balaban J connectivity index is 2.53. The lowest BCUT2D eigenvalue weighted by molar-refractivity contribution is 0.0879. The highest BCUT2D eigenvalue weighted by molar-refractivity contribution is 4.93. The Kier molecular flexibility index (Phi) is 2.23. The highest BCUT2D eigenvalue weighted by Crippen LogP contribution is 2.26. The second-order valence-electron chi connectivity index (χ2n) is 2.76. The van der Waals surface area contributed by atoms with Crippen molar-refractivity contribution in [1.82, 2.24) is 0 Å². The number of aliphatic hydroxyl groups excluding tert-OH is 2. The van der Waals surface area contributed by atoms with E-state index in [1.54, 1.807) is 0 Å². The fourth-order valence-electron chi connectivity index (χ4n) is 1.30. The molecule has 0 aromatic rings. The van der Waals surface area contributed by atoms with E-state index in [1.807, 2.05) is 0 Å². The van der Waals surface area contributed by atoms with Crippen molar-refractivity contribution in [2.24, 2.45) is 11.7 Å². The van der Waals surface area contributed by atoms with Crippen molar-refractivity contribution < 1.29 is 14.6 Å². The van der Waals surface area contributed by atoms with Crippen molar-refractivity contribution in [2.45, 2.75) is 24.7 Å². The zero-order valence-electron chi connectivity index (χ0n) is 5.57. The van der Waals surface area contributed by atoms with Crippen molar-refractivity contribution in [3.8, 4) is 0 Å². The molecule has 4 N–H and O–H groups in total. The minimum atomic E-state index is -1.26. The molecule has 0 aromatic carbocycles. The molecule has 3 nitrogen and oxygen atoms in total. The highest BCUT2D eigenvalue weighted by Gasteiger charge is 2.39. The maximum absolute atomic E-state index is 12.6. The first-order valence-corrected chi connectivity index (χ1v) is 3.35. The van der Waals surface area contributed by atoms with Gasteiger partial charge in [0.25, 0.3) is 0 Å². The van der Waals surface area contributed by atoms with E-state index in [2.05, 4.69) is 0 Å². The molecule has 4 atom stereocenters. The molecule has 0 bridgehead atoms. The van der Waals surface area contributed by atoms with E-state index in [-0.39, 0.29) is 18.9 Å². The lowest BCUT2D eigenvalue weighted by Gasteiger charge is -2.13. The topological polar surface area (TPSA) is 66.5 Å². The Morgan fingerprint density at radius 1 is 1.60 bits per heavy atom. The van der Waals surface area contributed by atoms with Gasteiger partial charge >= 0.3 is 0 Å². The first-order chi connectivity index (χ1) is 4.66. The fraction of sp³-hybridized carbons (Fsp3) is 1.00. The molecule has 1 fully saturated rings. The molecule has 4 heteroatoms. The van der Waals surface area contributed by atoms with E-state index in [0.29, 0.717) is 0 Å². The number of alkyl halides is 1. The van der Waals surface area contributed by atoms with Crippen molar-refractivity contribution in [2.75, 3.05) is 6.61 Å². The van der Waals surface area contributed by atoms with Crippen LogP contribution in [0.4, 0.5) is 4.39 Å². The molecule has 0 spiro atoms. The summed E-state index contributed by atoms with van der Waals surface area (Å²) in [6.07, 6.45) is -2.16. The van der Waals surface area contributed by atoms with Gasteiger partial charge in [-0.3, -0.25) is 0 Å². The Morgan fingerprint density at radius 3 is 2.40 bits per heavy atom. The lowest BCUT2D eigenvalue weighted by Crippen LogP contribution is -2.38. The van der Waals surface area contributed by atoms with Crippen LogP contribution in [0.25, 0.3) is 0 Å². The summed E-state index contributed by atoms with van der Waals surface area (Å²) >= 11 is 0. The number of rotatable bonds is 1. The molecule has 10 heavy (non-hydrogen) atoms. The van der Waals surface area contributed by atoms with Crippen molar-refractivity contribution in [3.05, 3.63) is 0 Å². The number of halogens is 1. The van der Waals surface area contributed by atoms with Crippen LogP contribution in [0, 0.1) is 5.92 Å². The summed E-state index contributed by atoms with van der Waals surface area (Å²) in [7, 11) is 0. The van der Waals surface area contributed by atoms with Gasteiger partial charge in [0.15, 0.2) is 0 Å². The van der Waals surface area contributed by atoms with Gasteiger partial charge in [-0.05, 0) is 6.42 Å². The zero-order valence-corrected chi connectivity index (χ0v) is 5.57. The lowest BCUT2D eigenvalue weighted by atomic mass is 10.1. The van der Waals surface area contributed by atoms with Crippen LogP contribution in [0.1, 0.15) is 6.42 Å². The molecule has 0 amide bonds. The van der Waals surface area contributed by atoms with Gasteiger partial charge < -0.3 is 15.9 Å². The maximum Gasteiger partial charge on any atom is 0.128 e. The number of nitrogens with two attached hydrogens (primary N) is 1. The van der Waals surface area contributed by atoms with Crippen molar-refractivity contribution in [1.29, 1.82) is 0 Å². The summed E-state index contributed by atoms with van der Waals surface area (Å²) in [6, 6.07) is -0.597. The standard InChI is InChI=1S/C6H12FNO2/c7-4-1-3(2-9)5(8)6(4)10/h3-6,9-10H,1-2,8H2/t3-,4+,5+,6+/m1/s1. The largest absolute Gasteiger partial charge is 0.396 e. The Labute approximate surface area is 58.7 Å². The van der Waals surface area contributed by atoms with E-state index in [4.69, 9.17) is 15.9 Å². The van der Waals surface area contributed by atoms with Gasteiger partial charge in [-0.15, -0.1) is 0 Å². The summed E-state index contributed by atoms with van der Waals surface area (Å²) in [6.45, 7) is -0.140. The first kappa shape index (κ1) is 7.91. The Hall–Kier alpha value is -0.190. The van der Waals surface area contributed by atoms with Crippen LogP contribution in [-0.4, -0.2) is 35.1 Å². The molecule has 0 radical (unpaired) electrons. The van der Waals surface area contributed by atoms with E-state index in [0.717, 1.165) is 0 Å². The van der Waals surface area contributed by atoms with Gasteiger partial charge in [0.1, 0.15) is 12.3 Å². The minimum absolute atomic E-state index is 0.140. The quantitative estimate of drug-likeness (QED) is 0.449. The van der Waals surface area contributed by atoms with Crippen molar-refractivity contribution >= 4 is 0 Å². The van der Waals surface area contributed by atoms with Gasteiger partial charge in [0, 0.05) is 18.6 Å². The third kappa shape index (κ3) is 1.14. The molecule has 0 unspecified atom stereocenters. The summed E-state index contributed by atoms with van der Waals surface area (Å²) in [5, 5.41) is 17.6. The SMILES string of the molecule is N[C@H]1[C@@H](CO)C[C@H](F)[C@@H]1O. The van der Waals surface area contributed by atoms with E-state index in [9.17, 15) is 4.39 Å². The zero-order chi connectivity index (χ0) is 7.72. The molecular weight excluding hydrogens is 137 g/mol. The fourth-order valence-corrected chi connectivity index (χ4v) is 1.30. The molecule has 0 saturated heterocycles. The monoisotopic (exact) mass is 149 g/mol. The molecule has 1 rings (SSSR count). The van der Waals surface area contributed by atoms with E-state index < -0.39 is 18.3 Å². The summed E-state index contributed by atoms with van der Waals surface area (Å²) < 4.78 is 12.6. The summed E-state index contributed by atoms with van der Waals surface area (Å²) in [4.78, 5) is 0. The third-order valence-corrected chi connectivity index (χ3v) is 2.07. The molecule has 0 heterocycles. The van der Waals surface area contributed by atoms with Gasteiger partial charge in [-0.2, -0.15) is 0 Å². The van der Waals surface area contributed by atoms with Crippen LogP contribution in [0.5, 0.6) is 0 Å². The average molecular weight is 149 g/mol. The van der Waals surface area contributed by atoms with E-state index in [1.165, 1.54) is 0 Å². The summed E-state index contributed by atoms with van der Waals surface area (Å²) in [5.74, 6) is -0.273. The maximum atomic E-state index is 12.6. The number of hydrogen-bond acceptors (Lipinski definition) is 3. The second kappa shape index (κ2) is 2.82. The highest BCUT2D eigenvalue weighted by atomic mass is 19.1. The number of hydrogen-bond donors (Lipinski definition) is 3. The molecule has 0 aliphatic heterocycles. The van der Waals surface area contributed by atoms with Gasteiger partial charge in [-0.1, -0.05) is 0 Å². The van der Waals surface area contributed by atoms with E-state index >= 15 is 0 Å². The number of aliphatic hydroxyl groups is 2. The third-order valence-electron chi connectivity index (χ3n) is 2.07. The molecule has 60 valence electrons. The Bertz CT molecular complexity index is 122. The molecule has 1 saturated carbocycles. The van der Waals surface area contributed by atoms with Crippen molar-refractivity contribution in [3.63, 3.8) is 0 Å². The minimum Gasteiger partial charge on any atom is -0.396 e. The van der Waals surface area contributed by atoms with Crippen LogP contribution >= 0.6 is 0 Å². The van der Waals surface area contributed by atoms with Crippen LogP contribution < -0.4 is 5.73 Å². The van der Waals surface area contributed by atoms with Crippen LogP contribution in [0.2, 0.25) is 0 Å². The van der Waals surface area contributed by atoms with Crippen LogP contribution in [-0.2, 0) is 0 Å². The predicted molar refractivity (Wildman–Crippen MR) is 34.1 cm³/mol. The van der Waals surface area contributed by atoms with Gasteiger partial charge in [0.2, 0.25) is 0 Å². The predicted octanol–water partition coefficient (Wildman–Crippen LogP) is -0.975. The molecule has 1 aliphatic carbocycles. The van der Waals surface area contributed by atoms with Crippen LogP contribution in [0.3, 0.4) is 0 Å². The Morgan fingerprint density at radius 2 is 2.20 bits per heavy atom.